The zero-order valence-electron chi connectivity index (χ0n) is 8.61. The summed E-state index contributed by atoms with van der Waals surface area (Å²) >= 11 is 11.2. The Bertz CT molecular complexity index is 432. The molecular formula is C10H8Cl2F3NO. The molecule has 0 spiro atoms. The van der Waals surface area contributed by atoms with Crippen LogP contribution >= 0.6 is 23.2 Å². The molecule has 0 saturated carbocycles. The lowest BCUT2D eigenvalue weighted by Gasteiger charge is -2.12. The van der Waals surface area contributed by atoms with Crippen LogP contribution in [-0.2, 0) is 11.0 Å². The zero-order valence-corrected chi connectivity index (χ0v) is 10.1. The van der Waals surface area contributed by atoms with Crippen LogP contribution in [0.5, 0.6) is 0 Å². The molecule has 94 valence electrons. The molecule has 0 aliphatic carbocycles. The van der Waals surface area contributed by atoms with Crippen molar-refractivity contribution in [3.05, 3.63) is 28.8 Å². The number of anilines is 1. The van der Waals surface area contributed by atoms with E-state index in [1.54, 1.807) is 0 Å². The van der Waals surface area contributed by atoms with E-state index in [0.29, 0.717) is 0 Å². The van der Waals surface area contributed by atoms with Gasteiger partial charge < -0.3 is 5.32 Å². The number of halogens is 5. The van der Waals surface area contributed by atoms with Crippen molar-refractivity contribution in [2.24, 2.45) is 0 Å². The Kier molecular flexibility index (Phi) is 4.27. The first kappa shape index (κ1) is 14.1. The minimum atomic E-state index is -4.49. The molecule has 17 heavy (non-hydrogen) atoms. The molecule has 0 aliphatic rings. The molecule has 1 rings (SSSR count). The first-order valence-corrected chi connectivity index (χ1v) is 5.35. The Hall–Kier alpha value is -0.940. The minimum Gasteiger partial charge on any atom is -0.323 e. The van der Waals surface area contributed by atoms with Crippen molar-refractivity contribution in [2.45, 2.75) is 18.5 Å². The number of hydrogen-bond donors (Lipinski definition) is 1. The SMILES string of the molecule is CC(Cl)C(=O)Nc1cc(C(F)(F)F)ccc1Cl. The van der Waals surface area contributed by atoms with E-state index in [9.17, 15) is 18.0 Å². The lowest BCUT2D eigenvalue weighted by molar-refractivity contribution is -0.137. The van der Waals surface area contributed by atoms with Gasteiger partial charge in [-0.3, -0.25) is 4.79 Å². The van der Waals surface area contributed by atoms with E-state index in [1.807, 2.05) is 0 Å². The maximum Gasteiger partial charge on any atom is 0.416 e. The Morgan fingerprint density at radius 2 is 2.00 bits per heavy atom. The number of carbonyl (C=O) groups is 1. The summed E-state index contributed by atoms with van der Waals surface area (Å²) in [6.07, 6.45) is -4.49. The van der Waals surface area contributed by atoms with Gasteiger partial charge in [0, 0.05) is 0 Å². The number of nitrogens with one attached hydrogen (secondary N) is 1. The Morgan fingerprint density at radius 3 is 2.47 bits per heavy atom. The third-order valence-corrected chi connectivity index (χ3v) is 2.44. The normalized spacial score (nSPS) is 13.3. The molecule has 1 aromatic rings. The van der Waals surface area contributed by atoms with Gasteiger partial charge >= 0.3 is 6.18 Å². The largest absolute Gasteiger partial charge is 0.416 e. The van der Waals surface area contributed by atoms with Gasteiger partial charge in [0.1, 0.15) is 5.38 Å². The van der Waals surface area contributed by atoms with Crippen LogP contribution in [0.1, 0.15) is 12.5 Å². The number of rotatable bonds is 2. The van der Waals surface area contributed by atoms with E-state index in [4.69, 9.17) is 23.2 Å². The van der Waals surface area contributed by atoms with Crippen molar-refractivity contribution >= 4 is 34.8 Å². The second kappa shape index (κ2) is 5.14. The van der Waals surface area contributed by atoms with Crippen LogP contribution in [0.15, 0.2) is 18.2 Å². The predicted octanol–water partition coefficient (Wildman–Crippen LogP) is 3.92. The summed E-state index contributed by atoms with van der Waals surface area (Å²) in [7, 11) is 0. The van der Waals surface area contributed by atoms with Crippen molar-refractivity contribution < 1.29 is 18.0 Å². The quantitative estimate of drug-likeness (QED) is 0.820. The fraction of sp³-hybridized carbons (Fsp3) is 0.300. The number of benzene rings is 1. The lowest BCUT2D eigenvalue weighted by Crippen LogP contribution is -2.20. The molecule has 0 bridgehead atoms. The summed E-state index contributed by atoms with van der Waals surface area (Å²) in [5.74, 6) is -0.618. The van der Waals surface area contributed by atoms with Gasteiger partial charge in [-0.05, 0) is 25.1 Å². The average molecular weight is 286 g/mol. The Morgan fingerprint density at radius 1 is 1.41 bits per heavy atom. The van der Waals surface area contributed by atoms with Gasteiger partial charge in [-0.1, -0.05) is 11.6 Å². The summed E-state index contributed by atoms with van der Waals surface area (Å²) in [6, 6.07) is 2.67. The van der Waals surface area contributed by atoms with Crippen LogP contribution in [0.2, 0.25) is 5.02 Å². The molecule has 1 N–H and O–H groups in total. The van der Waals surface area contributed by atoms with E-state index in [2.05, 4.69) is 5.32 Å². The van der Waals surface area contributed by atoms with Gasteiger partial charge in [0.05, 0.1) is 16.3 Å². The standard InChI is InChI=1S/C10H8Cl2F3NO/c1-5(11)9(17)16-8-4-6(10(13,14)15)2-3-7(8)12/h2-5H,1H3,(H,16,17). The molecule has 1 unspecified atom stereocenters. The van der Waals surface area contributed by atoms with Crippen molar-refractivity contribution in [3.8, 4) is 0 Å². The van der Waals surface area contributed by atoms with Gasteiger partial charge in [-0.2, -0.15) is 13.2 Å². The first-order chi connectivity index (χ1) is 7.71. The number of carbonyl (C=O) groups excluding carboxylic acids is 1. The third kappa shape index (κ3) is 3.78. The summed E-state index contributed by atoms with van der Waals surface area (Å²) < 4.78 is 37.2. The maximum atomic E-state index is 12.4. The van der Waals surface area contributed by atoms with Crippen molar-refractivity contribution in [1.29, 1.82) is 0 Å². The highest BCUT2D eigenvalue weighted by molar-refractivity contribution is 6.35. The number of hydrogen-bond acceptors (Lipinski definition) is 1. The van der Waals surface area contributed by atoms with Crippen LogP contribution in [0.25, 0.3) is 0 Å². The minimum absolute atomic E-state index is 0.0173. The van der Waals surface area contributed by atoms with Gasteiger partial charge in [-0.25, -0.2) is 0 Å². The van der Waals surface area contributed by atoms with E-state index in [0.717, 1.165) is 18.2 Å². The van der Waals surface area contributed by atoms with Crippen LogP contribution < -0.4 is 5.32 Å². The molecule has 0 aromatic heterocycles. The van der Waals surface area contributed by atoms with Crippen LogP contribution in [0.3, 0.4) is 0 Å². The molecule has 1 atom stereocenters. The van der Waals surface area contributed by atoms with Gasteiger partial charge in [0.15, 0.2) is 0 Å². The number of amides is 1. The van der Waals surface area contributed by atoms with Gasteiger partial charge in [0.25, 0.3) is 0 Å². The van der Waals surface area contributed by atoms with Gasteiger partial charge in [-0.15, -0.1) is 11.6 Å². The summed E-state index contributed by atoms with van der Waals surface area (Å²) in [6.45, 7) is 1.40. The average Bonchev–Trinajstić information content (AvgIpc) is 2.19. The van der Waals surface area contributed by atoms with Crippen molar-refractivity contribution in [2.75, 3.05) is 5.32 Å². The Balaban J connectivity index is 3.03. The fourth-order valence-electron chi connectivity index (χ4n) is 1.03. The highest BCUT2D eigenvalue weighted by Crippen LogP contribution is 2.33. The molecule has 0 aliphatic heterocycles. The summed E-state index contributed by atoms with van der Waals surface area (Å²) in [5, 5.41) is 1.38. The molecule has 1 aromatic carbocycles. The van der Waals surface area contributed by atoms with Crippen LogP contribution in [0.4, 0.5) is 18.9 Å². The highest BCUT2D eigenvalue weighted by Gasteiger charge is 2.31. The Labute approximate surface area is 106 Å². The van der Waals surface area contributed by atoms with E-state index in [1.165, 1.54) is 6.92 Å². The molecule has 0 saturated heterocycles. The molecule has 0 radical (unpaired) electrons. The van der Waals surface area contributed by atoms with Crippen molar-refractivity contribution in [3.63, 3.8) is 0 Å². The van der Waals surface area contributed by atoms with Crippen LogP contribution in [-0.4, -0.2) is 11.3 Å². The molecule has 7 heteroatoms. The van der Waals surface area contributed by atoms with E-state index >= 15 is 0 Å². The monoisotopic (exact) mass is 285 g/mol. The third-order valence-electron chi connectivity index (χ3n) is 1.91. The lowest BCUT2D eigenvalue weighted by atomic mass is 10.2. The molecular weight excluding hydrogens is 278 g/mol. The smallest absolute Gasteiger partial charge is 0.323 e. The van der Waals surface area contributed by atoms with E-state index in [-0.39, 0.29) is 10.7 Å². The predicted molar refractivity (Wildman–Crippen MR) is 60.4 cm³/mol. The second-order valence-electron chi connectivity index (χ2n) is 3.30. The topological polar surface area (TPSA) is 29.1 Å². The molecule has 1 amide bonds. The molecule has 0 fully saturated rings. The second-order valence-corrected chi connectivity index (χ2v) is 4.36. The molecule has 2 nitrogen and oxygen atoms in total. The van der Waals surface area contributed by atoms with E-state index < -0.39 is 23.0 Å². The first-order valence-electron chi connectivity index (χ1n) is 4.53. The van der Waals surface area contributed by atoms with Gasteiger partial charge in [0.2, 0.25) is 5.91 Å². The van der Waals surface area contributed by atoms with Crippen LogP contribution in [0, 0.1) is 0 Å². The molecule has 0 heterocycles. The fourth-order valence-corrected chi connectivity index (χ4v) is 1.25. The maximum absolute atomic E-state index is 12.4. The van der Waals surface area contributed by atoms with Crippen molar-refractivity contribution in [1.82, 2.24) is 0 Å². The zero-order chi connectivity index (χ0) is 13.2. The summed E-state index contributed by atoms with van der Waals surface area (Å²) in [4.78, 5) is 11.2. The summed E-state index contributed by atoms with van der Waals surface area (Å²) in [5.41, 5.74) is -1.00. The number of alkyl halides is 4. The highest BCUT2D eigenvalue weighted by atomic mass is 35.5.